The summed E-state index contributed by atoms with van der Waals surface area (Å²) in [6.45, 7) is 1.69. The smallest absolute Gasteiger partial charge is 0.369 e. The maximum Gasteiger partial charge on any atom is 0.430 e. The molecule has 2 aromatic carbocycles. The van der Waals surface area contributed by atoms with Gasteiger partial charge in [-0.15, -0.1) is 0 Å². The number of hydrogen-bond acceptors (Lipinski definition) is 5. The number of hydrogen-bond donors (Lipinski definition) is 2. The van der Waals surface area contributed by atoms with Crippen molar-refractivity contribution in [2.24, 2.45) is 0 Å². The average Bonchev–Trinajstić information content (AvgIpc) is 2.92. The number of carbonyl (C=O) groups excluding carboxylic acids is 1. The van der Waals surface area contributed by atoms with Crippen molar-refractivity contribution < 1.29 is 49.1 Å². The summed E-state index contributed by atoms with van der Waals surface area (Å²) in [7, 11) is -4.43. The van der Waals surface area contributed by atoms with Crippen LogP contribution >= 0.6 is 0 Å². The fourth-order valence-electron chi connectivity index (χ4n) is 5.23. The Morgan fingerprint density at radius 1 is 0.881 bits per heavy atom. The molecule has 6 nitrogen and oxygen atoms in total. The van der Waals surface area contributed by atoms with Crippen molar-refractivity contribution in [3.05, 3.63) is 95.6 Å². The van der Waals surface area contributed by atoms with Crippen LogP contribution in [0, 0.1) is 5.82 Å². The predicted molar refractivity (Wildman–Crippen MR) is 136 cm³/mol. The van der Waals surface area contributed by atoms with Gasteiger partial charge in [0.05, 0.1) is 10.5 Å². The number of nitrogens with zero attached hydrogens (tertiary/aromatic N) is 1. The SMILES string of the molecule is CC1(NC(=O)c2cccnc2)CCC(c2ccc(C(O)(C(F)(F)F)C(F)(F)F)cc2)(S(=O)(=O)c2ccc(F)cc2)CC1. The van der Waals surface area contributed by atoms with Gasteiger partial charge in [-0.2, -0.15) is 26.3 Å². The van der Waals surface area contributed by atoms with Crippen LogP contribution in [-0.2, 0) is 20.2 Å². The summed E-state index contributed by atoms with van der Waals surface area (Å²) in [4.78, 5) is 16.4. The Labute approximate surface area is 236 Å². The Morgan fingerprint density at radius 3 is 1.90 bits per heavy atom. The minimum atomic E-state index is -6.12. The molecule has 1 aromatic heterocycles. The number of amides is 1. The summed E-state index contributed by atoms with van der Waals surface area (Å²) in [5.41, 5.74) is -7.52. The maximum atomic E-state index is 14.0. The van der Waals surface area contributed by atoms with Gasteiger partial charge in [0.15, 0.2) is 9.84 Å². The summed E-state index contributed by atoms with van der Waals surface area (Å²) in [5.74, 6) is -1.19. The van der Waals surface area contributed by atoms with E-state index in [0.717, 1.165) is 36.4 Å². The summed E-state index contributed by atoms with van der Waals surface area (Å²) in [6, 6.07) is 9.38. The lowest BCUT2D eigenvalue weighted by molar-refractivity contribution is -0.376. The summed E-state index contributed by atoms with van der Waals surface area (Å²) < 4.78 is 120. The van der Waals surface area contributed by atoms with Gasteiger partial charge in [-0.3, -0.25) is 9.78 Å². The molecular formula is C28H25F7N2O4S. The molecular weight excluding hydrogens is 593 g/mol. The molecule has 1 saturated carbocycles. The first-order valence-corrected chi connectivity index (χ1v) is 14.0. The second-order valence-electron chi connectivity index (χ2n) is 10.5. The molecule has 1 amide bonds. The van der Waals surface area contributed by atoms with Crippen LogP contribution in [0.1, 0.15) is 54.1 Å². The second-order valence-corrected chi connectivity index (χ2v) is 12.8. The van der Waals surface area contributed by atoms with Gasteiger partial charge in [-0.05, 0) is 74.6 Å². The third-order valence-electron chi connectivity index (χ3n) is 7.79. The van der Waals surface area contributed by atoms with E-state index in [4.69, 9.17) is 0 Å². The van der Waals surface area contributed by atoms with E-state index in [-0.39, 0.29) is 41.7 Å². The average molecular weight is 619 g/mol. The van der Waals surface area contributed by atoms with Crippen molar-refractivity contribution in [3.63, 3.8) is 0 Å². The molecule has 0 atom stereocenters. The van der Waals surface area contributed by atoms with Crippen LogP contribution in [0.2, 0.25) is 0 Å². The number of aromatic nitrogens is 1. The molecule has 1 aliphatic rings. The molecule has 0 aliphatic heterocycles. The Hall–Kier alpha value is -3.52. The summed E-state index contributed by atoms with van der Waals surface area (Å²) in [6.07, 6.45) is -9.71. The van der Waals surface area contributed by atoms with E-state index >= 15 is 0 Å². The molecule has 0 saturated heterocycles. The van der Waals surface area contributed by atoms with Gasteiger partial charge < -0.3 is 10.4 Å². The number of sulfone groups is 1. The molecule has 0 unspecified atom stereocenters. The monoisotopic (exact) mass is 618 g/mol. The highest BCUT2D eigenvalue weighted by Crippen LogP contribution is 2.52. The number of rotatable bonds is 6. The van der Waals surface area contributed by atoms with E-state index in [1.54, 1.807) is 13.0 Å². The minimum absolute atomic E-state index is 0.0518. The molecule has 42 heavy (non-hydrogen) atoms. The van der Waals surface area contributed by atoms with E-state index in [1.165, 1.54) is 18.5 Å². The van der Waals surface area contributed by atoms with Gasteiger partial charge in [-0.25, -0.2) is 12.8 Å². The van der Waals surface area contributed by atoms with Crippen LogP contribution in [0.25, 0.3) is 0 Å². The number of nitrogens with one attached hydrogen (secondary N) is 1. The number of aliphatic hydroxyl groups is 1. The Kier molecular flexibility index (Phi) is 7.96. The molecule has 0 bridgehead atoms. The molecule has 1 fully saturated rings. The molecule has 0 radical (unpaired) electrons. The number of benzene rings is 2. The van der Waals surface area contributed by atoms with Crippen LogP contribution < -0.4 is 5.32 Å². The zero-order valence-corrected chi connectivity index (χ0v) is 22.7. The predicted octanol–water partition coefficient (Wildman–Crippen LogP) is 5.96. The van der Waals surface area contributed by atoms with Gasteiger partial charge in [-0.1, -0.05) is 24.3 Å². The number of alkyl halides is 6. The third kappa shape index (κ3) is 5.37. The molecule has 1 heterocycles. The van der Waals surface area contributed by atoms with Crippen LogP contribution in [0.4, 0.5) is 30.7 Å². The van der Waals surface area contributed by atoms with Crippen LogP contribution in [0.15, 0.2) is 78.0 Å². The fraction of sp³-hybridized carbons (Fsp3) is 0.357. The lowest BCUT2D eigenvalue weighted by atomic mass is 9.74. The fourth-order valence-corrected chi connectivity index (χ4v) is 7.36. The Morgan fingerprint density at radius 2 is 1.43 bits per heavy atom. The van der Waals surface area contributed by atoms with Crippen molar-refractivity contribution in [1.82, 2.24) is 10.3 Å². The molecule has 2 N–H and O–H groups in total. The standard InChI is InChI=1S/C28H25F7N2O4S/c1-24(37-23(38)18-3-2-16-36-17-18)12-14-25(15-13-24,42(40,41)22-10-8-21(29)9-11-22)19-4-6-20(7-5-19)26(39,27(30,31)32)28(33,34)35/h2-11,16-17,39H,12-15H2,1H3,(H,37,38). The molecule has 14 heteroatoms. The lowest BCUT2D eigenvalue weighted by Gasteiger charge is -2.45. The maximum absolute atomic E-state index is 14.0. The van der Waals surface area contributed by atoms with Gasteiger partial charge in [0, 0.05) is 23.5 Å². The molecule has 4 rings (SSSR count). The van der Waals surface area contributed by atoms with Gasteiger partial charge in [0.25, 0.3) is 11.5 Å². The minimum Gasteiger partial charge on any atom is -0.369 e. The summed E-state index contributed by atoms with van der Waals surface area (Å²) in [5, 5.41) is 12.6. The van der Waals surface area contributed by atoms with E-state index in [1.807, 2.05) is 0 Å². The number of pyridine rings is 1. The second kappa shape index (κ2) is 10.6. The highest BCUT2D eigenvalue weighted by molar-refractivity contribution is 7.92. The van der Waals surface area contributed by atoms with Gasteiger partial charge in [0.1, 0.15) is 10.6 Å². The van der Waals surface area contributed by atoms with Crippen molar-refractivity contribution >= 4 is 15.7 Å². The van der Waals surface area contributed by atoms with Crippen LogP contribution in [0.5, 0.6) is 0 Å². The zero-order chi connectivity index (χ0) is 31.2. The van der Waals surface area contributed by atoms with Crippen LogP contribution in [-0.4, -0.2) is 42.3 Å². The Bertz CT molecular complexity index is 1520. The first kappa shape index (κ1) is 31.4. The number of halogens is 7. The topological polar surface area (TPSA) is 96.4 Å². The van der Waals surface area contributed by atoms with Crippen LogP contribution in [0.3, 0.4) is 0 Å². The third-order valence-corrected chi connectivity index (χ3v) is 10.4. The highest BCUT2D eigenvalue weighted by atomic mass is 32.2. The molecule has 1 aliphatic carbocycles. The van der Waals surface area contributed by atoms with Gasteiger partial charge >= 0.3 is 12.4 Å². The van der Waals surface area contributed by atoms with Crippen molar-refractivity contribution in [1.29, 1.82) is 0 Å². The summed E-state index contributed by atoms with van der Waals surface area (Å²) >= 11 is 0. The Balaban J connectivity index is 1.76. The van der Waals surface area contributed by atoms with Crippen molar-refractivity contribution in [2.45, 2.75) is 65.7 Å². The highest BCUT2D eigenvalue weighted by Gasteiger charge is 2.71. The van der Waals surface area contributed by atoms with E-state index in [2.05, 4.69) is 10.3 Å². The molecule has 3 aromatic rings. The first-order chi connectivity index (χ1) is 19.4. The van der Waals surface area contributed by atoms with E-state index < -0.39 is 55.4 Å². The van der Waals surface area contributed by atoms with E-state index in [0.29, 0.717) is 12.1 Å². The normalized spacial score (nSPS) is 22.0. The lowest BCUT2D eigenvalue weighted by Crippen LogP contribution is -2.54. The van der Waals surface area contributed by atoms with Crippen molar-refractivity contribution in [2.75, 3.05) is 0 Å². The largest absolute Gasteiger partial charge is 0.430 e. The van der Waals surface area contributed by atoms with Crippen molar-refractivity contribution in [3.8, 4) is 0 Å². The van der Waals surface area contributed by atoms with E-state index in [9.17, 15) is 49.1 Å². The molecule has 0 spiro atoms. The number of carbonyl (C=O) groups is 1. The quantitative estimate of drug-likeness (QED) is 0.263. The van der Waals surface area contributed by atoms with Gasteiger partial charge in [0.2, 0.25) is 0 Å². The molecule has 226 valence electrons. The first-order valence-electron chi connectivity index (χ1n) is 12.6. The zero-order valence-electron chi connectivity index (χ0n) is 21.9.